The quantitative estimate of drug-likeness (QED) is 0.837. The van der Waals surface area contributed by atoms with Crippen LogP contribution in [0.2, 0.25) is 0 Å². The average Bonchev–Trinajstić information content (AvgIpc) is 2.85. The summed E-state index contributed by atoms with van der Waals surface area (Å²) in [4.78, 5) is 27.7. The molecule has 2 aromatic rings. The Morgan fingerprint density at radius 3 is 2.50 bits per heavy atom. The van der Waals surface area contributed by atoms with Crippen LogP contribution in [0, 0.1) is 13.8 Å². The van der Waals surface area contributed by atoms with Gasteiger partial charge in [0.25, 0.3) is 5.91 Å². The molecular weight excluding hydrogens is 280 g/mol. The molecule has 6 heteroatoms. The number of amides is 2. The molecule has 1 aromatic heterocycles. The third-order valence-corrected chi connectivity index (χ3v) is 3.47. The van der Waals surface area contributed by atoms with Crippen LogP contribution in [0.4, 0.5) is 0 Å². The van der Waals surface area contributed by atoms with Crippen LogP contribution in [0.3, 0.4) is 0 Å². The first-order chi connectivity index (χ1) is 10.6. The third kappa shape index (κ3) is 4.18. The number of carbonyl (C=O) groups excluding carboxylic acids is 2. The zero-order valence-electron chi connectivity index (χ0n) is 12.8. The minimum Gasteiger partial charge on any atom is -0.353 e. The van der Waals surface area contributed by atoms with Crippen LogP contribution in [-0.4, -0.2) is 34.5 Å². The van der Waals surface area contributed by atoms with E-state index in [1.165, 1.54) is 0 Å². The number of nitrogens with one attached hydrogen (secondary N) is 2. The van der Waals surface area contributed by atoms with Gasteiger partial charge in [0.15, 0.2) is 0 Å². The molecule has 0 bridgehead atoms. The van der Waals surface area contributed by atoms with E-state index in [1.54, 1.807) is 30.6 Å². The first-order valence-electron chi connectivity index (χ1n) is 7.16. The largest absolute Gasteiger partial charge is 0.353 e. The molecule has 0 aliphatic rings. The van der Waals surface area contributed by atoms with E-state index < -0.39 is 0 Å². The summed E-state index contributed by atoms with van der Waals surface area (Å²) < 4.78 is 1.98. The van der Waals surface area contributed by atoms with Gasteiger partial charge in [-0.3, -0.25) is 9.59 Å². The summed E-state index contributed by atoms with van der Waals surface area (Å²) in [6, 6.07) is 8.81. The summed E-state index contributed by atoms with van der Waals surface area (Å²) in [6.07, 6.45) is 1.76. The number of hydrogen-bond acceptors (Lipinski definition) is 3. The second kappa shape index (κ2) is 7.40. The summed E-state index contributed by atoms with van der Waals surface area (Å²) in [5, 5.41) is 5.36. The number of aryl methyl sites for hydroxylation is 1. The molecule has 2 rings (SSSR count). The van der Waals surface area contributed by atoms with Gasteiger partial charge in [-0.15, -0.1) is 0 Å². The Balaban J connectivity index is 1.70. The highest BCUT2D eigenvalue weighted by molar-refractivity contribution is 5.96. The number of benzene rings is 1. The van der Waals surface area contributed by atoms with Crippen molar-refractivity contribution >= 4 is 11.8 Å². The van der Waals surface area contributed by atoms with Gasteiger partial charge in [-0.1, -0.05) is 18.2 Å². The highest BCUT2D eigenvalue weighted by Crippen LogP contribution is 2.02. The summed E-state index contributed by atoms with van der Waals surface area (Å²) in [5.41, 5.74) is 2.62. The number of imidazole rings is 1. The standard InChI is InChI=1S/C16H20N4O2/c1-12-13(2)20(11-19-12)9-8-17-15(21)10-18-16(22)14-6-4-3-5-7-14/h3-7,11H,8-10H2,1-2H3,(H,17,21)(H,18,22). The topological polar surface area (TPSA) is 76.0 Å². The van der Waals surface area contributed by atoms with Crippen molar-refractivity contribution in [2.24, 2.45) is 0 Å². The molecule has 2 N–H and O–H groups in total. The lowest BCUT2D eigenvalue weighted by Crippen LogP contribution is -2.38. The third-order valence-electron chi connectivity index (χ3n) is 3.47. The maximum atomic E-state index is 11.8. The lowest BCUT2D eigenvalue weighted by atomic mass is 10.2. The van der Waals surface area contributed by atoms with Gasteiger partial charge < -0.3 is 15.2 Å². The van der Waals surface area contributed by atoms with Crippen LogP contribution >= 0.6 is 0 Å². The first-order valence-corrected chi connectivity index (χ1v) is 7.16. The van der Waals surface area contributed by atoms with Crippen LogP contribution in [0.5, 0.6) is 0 Å². The summed E-state index contributed by atoms with van der Waals surface area (Å²) in [6.45, 7) is 5.06. The Bertz CT molecular complexity index is 649. The van der Waals surface area contributed by atoms with Crippen LogP contribution in [0.1, 0.15) is 21.7 Å². The first kappa shape index (κ1) is 15.8. The van der Waals surface area contributed by atoms with Crippen molar-refractivity contribution < 1.29 is 9.59 Å². The maximum Gasteiger partial charge on any atom is 0.251 e. The molecule has 22 heavy (non-hydrogen) atoms. The van der Waals surface area contributed by atoms with E-state index in [-0.39, 0.29) is 18.4 Å². The van der Waals surface area contributed by atoms with Crippen molar-refractivity contribution in [2.75, 3.05) is 13.1 Å². The Morgan fingerprint density at radius 2 is 1.86 bits per heavy atom. The van der Waals surface area contributed by atoms with E-state index in [9.17, 15) is 9.59 Å². The highest BCUT2D eigenvalue weighted by atomic mass is 16.2. The van der Waals surface area contributed by atoms with Gasteiger partial charge in [0.1, 0.15) is 0 Å². The molecule has 0 spiro atoms. The summed E-state index contributed by atoms with van der Waals surface area (Å²) >= 11 is 0. The minimum absolute atomic E-state index is 0.0321. The number of hydrogen-bond donors (Lipinski definition) is 2. The Labute approximate surface area is 129 Å². The van der Waals surface area contributed by atoms with Gasteiger partial charge in [0, 0.05) is 24.3 Å². The number of nitrogens with zero attached hydrogens (tertiary/aromatic N) is 2. The van der Waals surface area contributed by atoms with Crippen molar-refractivity contribution in [1.29, 1.82) is 0 Å². The normalized spacial score (nSPS) is 10.3. The van der Waals surface area contributed by atoms with E-state index in [2.05, 4.69) is 15.6 Å². The number of rotatable bonds is 6. The fourth-order valence-corrected chi connectivity index (χ4v) is 2.00. The van der Waals surface area contributed by atoms with Crippen LogP contribution in [0.25, 0.3) is 0 Å². The monoisotopic (exact) mass is 300 g/mol. The van der Waals surface area contributed by atoms with E-state index >= 15 is 0 Å². The molecule has 0 saturated heterocycles. The molecule has 2 amide bonds. The van der Waals surface area contributed by atoms with Gasteiger partial charge in [0.05, 0.1) is 18.6 Å². The Kier molecular flexibility index (Phi) is 5.30. The van der Waals surface area contributed by atoms with Crippen LogP contribution in [-0.2, 0) is 11.3 Å². The summed E-state index contributed by atoms with van der Waals surface area (Å²) in [7, 11) is 0. The SMILES string of the molecule is Cc1ncn(CCNC(=O)CNC(=O)c2ccccc2)c1C. The molecule has 0 radical (unpaired) electrons. The highest BCUT2D eigenvalue weighted by Gasteiger charge is 2.07. The van der Waals surface area contributed by atoms with Gasteiger partial charge in [-0.05, 0) is 26.0 Å². The molecule has 0 unspecified atom stereocenters. The van der Waals surface area contributed by atoms with Crippen molar-refractivity contribution in [3.05, 3.63) is 53.6 Å². The van der Waals surface area contributed by atoms with Crippen molar-refractivity contribution in [2.45, 2.75) is 20.4 Å². The molecule has 0 aliphatic heterocycles. The van der Waals surface area contributed by atoms with E-state index in [0.29, 0.717) is 18.7 Å². The van der Waals surface area contributed by atoms with E-state index in [0.717, 1.165) is 11.4 Å². The van der Waals surface area contributed by atoms with Crippen molar-refractivity contribution in [3.63, 3.8) is 0 Å². The van der Waals surface area contributed by atoms with Crippen LogP contribution in [0.15, 0.2) is 36.7 Å². The lowest BCUT2D eigenvalue weighted by Gasteiger charge is -2.08. The van der Waals surface area contributed by atoms with E-state index in [4.69, 9.17) is 0 Å². The predicted octanol–water partition coefficient (Wildman–Crippen LogP) is 1.05. The van der Waals surface area contributed by atoms with Gasteiger partial charge in [0.2, 0.25) is 5.91 Å². The summed E-state index contributed by atoms with van der Waals surface area (Å²) in [5.74, 6) is -0.462. The van der Waals surface area contributed by atoms with Gasteiger partial charge in [-0.2, -0.15) is 0 Å². The van der Waals surface area contributed by atoms with Crippen molar-refractivity contribution in [3.8, 4) is 0 Å². The van der Waals surface area contributed by atoms with E-state index in [1.807, 2.05) is 24.5 Å². The number of aromatic nitrogens is 2. The Hall–Kier alpha value is -2.63. The molecular formula is C16H20N4O2. The zero-order chi connectivity index (χ0) is 15.9. The molecule has 0 saturated carbocycles. The molecule has 116 valence electrons. The smallest absolute Gasteiger partial charge is 0.251 e. The Morgan fingerprint density at radius 1 is 1.14 bits per heavy atom. The van der Waals surface area contributed by atoms with Gasteiger partial charge in [-0.25, -0.2) is 4.98 Å². The van der Waals surface area contributed by atoms with Crippen LogP contribution < -0.4 is 10.6 Å². The maximum absolute atomic E-state index is 11.8. The molecule has 0 atom stereocenters. The molecule has 0 aliphatic carbocycles. The van der Waals surface area contributed by atoms with Crippen molar-refractivity contribution in [1.82, 2.24) is 20.2 Å². The molecule has 0 fully saturated rings. The molecule has 1 aromatic carbocycles. The fourth-order valence-electron chi connectivity index (χ4n) is 2.00. The minimum atomic E-state index is -0.253. The average molecular weight is 300 g/mol. The zero-order valence-corrected chi connectivity index (χ0v) is 12.8. The lowest BCUT2D eigenvalue weighted by molar-refractivity contribution is -0.120. The second-order valence-corrected chi connectivity index (χ2v) is 5.01. The van der Waals surface area contributed by atoms with Gasteiger partial charge >= 0.3 is 0 Å². The second-order valence-electron chi connectivity index (χ2n) is 5.01. The number of carbonyl (C=O) groups is 2. The molecule has 6 nitrogen and oxygen atoms in total. The molecule has 1 heterocycles. The fraction of sp³-hybridized carbons (Fsp3) is 0.312. The predicted molar refractivity (Wildman–Crippen MR) is 83.5 cm³/mol.